The minimum absolute atomic E-state index is 0.221. The predicted molar refractivity (Wildman–Crippen MR) is 108 cm³/mol. The second kappa shape index (κ2) is 8.64. The Labute approximate surface area is 168 Å². The number of pyridine rings is 1. The third-order valence-corrected chi connectivity index (χ3v) is 4.83. The van der Waals surface area contributed by atoms with Gasteiger partial charge in [-0.15, -0.1) is 0 Å². The van der Waals surface area contributed by atoms with Gasteiger partial charge in [-0.1, -0.05) is 6.07 Å². The van der Waals surface area contributed by atoms with E-state index < -0.39 is 0 Å². The van der Waals surface area contributed by atoms with Crippen molar-refractivity contribution in [3.63, 3.8) is 0 Å². The van der Waals surface area contributed by atoms with E-state index in [1.807, 2.05) is 12.1 Å². The number of nitrogens with zero attached hydrogens (tertiary/aromatic N) is 5. The van der Waals surface area contributed by atoms with Gasteiger partial charge in [0.1, 0.15) is 5.82 Å². The molecule has 0 spiro atoms. The molecule has 3 aromatic rings. The highest BCUT2D eigenvalue weighted by Crippen LogP contribution is 2.18. The quantitative estimate of drug-likeness (QED) is 0.718. The summed E-state index contributed by atoms with van der Waals surface area (Å²) >= 11 is 0. The fourth-order valence-electron chi connectivity index (χ4n) is 3.21. The first-order valence-electron chi connectivity index (χ1n) is 9.44. The van der Waals surface area contributed by atoms with Crippen molar-refractivity contribution in [2.24, 2.45) is 0 Å². The van der Waals surface area contributed by atoms with Gasteiger partial charge in [0.2, 0.25) is 5.95 Å². The van der Waals surface area contributed by atoms with E-state index in [9.17, 15) is 9.18 Å². The molecule has 8 heteroatoms. The highest BCUT2D eigenvalue weighted by molar-refractivity contribution is 5.93. The molecule has 1 aromatic carbocycles. The number of rotatable bonds is 5. The van der Waals surface area contributed by atoms with Crippen LogP contribution in [-0.2, 0) is 6.54 Å². The number of aromatic nitrogens is 3. The molecule has 148 valence electrons. The van der Waals surface area contributed by atoms with Gasteiger partial charge in [-0.3, -0.25) is 9.78 Å². The van der Waals surface area contributed by atoms with Crippen LogP contribution in [0, 0.1) is 5.82 Å². The molecule has 4 rings (SSSR count). The van der Waals surface area contributed by atoms with Crippen molar-refractivity contribution in [1.82, 2.24) is 20.3 Å². The first-order chi connectivity index (χ1) is 14.2. The normalized spacial score (nSPS) is 14.0. The first-order valence-corrected chi connectivity index (χ1v) is 9.44. The van der Waals surface area contributed by atoms with Crippen LogP contribution < -0.4 is 15.1 Å². The van der Waals surface area contributed by atoms with Gasteiger partial charge >= 0.3 is 0 Å². The summed E-state index contributed by atoms with van der Waals surface area (Å²) in [4.78, 5) is 29.3. The minimum atomic E-state index is -0.231. The van der Waals surface area contributed by atoms with Crippen LogP contribution >= 0.6 is 0 Å². The summed E-state index contributed by atoms with van der Waals surface area (Å²) in [6, 6.07) is 10.3. The topological polar surface area (TPSA) is 74.2 Å². The van der Waals surface area contributed by atoms with Crippen LogP contribution in [0.4, 0.5) is 16.0 Å². The molecule has 3 heterocycles. The van der Waals surface area contributed by atoms with Crippen molar-refractivity contribution in [3.05, 3.63) is 78.1 Å². The second-order valence-electron chi connectivity index (χ2n) is 6.77. The molecule has 1 aliphatic rings. The van der Waals surface area contributed by atoms with Crippen LogP contribution in [0.2, 0.25) is 0 Å². The molecular formula is C21H21FN6O. The van der Waals surface area contributed by atoms with Gasteiger partial charge in [0.15, 0.2) is 0 Å². The Balaban J connectivity index is 1.31. The third kappa shape index (κ3) is 4.66. The van der Waals surface area contributed by atoms with E-state index in [-0.39, 0.29) is 11.7 Å². The van der Waals surface area contributed by atoms with Crippen LogP contribution in [0.5, 0.6) is 0 Å². The average molecular weight is 392 g/mol. The number of carbonyl (C=O) groups excluding carboxylic acids is 1. The van der Waals surface area contributed by atoms with Gasteiger partial charge in [0.05, 0.1) is 5.56 Å². The van der Waals surface area contributed by atoms with E-state index in [0.717, 1.165) is 37.4 Å². The fourth-order valence-corrected chi connectivity index (χ4v) is 3.21. The van der Waals surface area contributed by atoms with Gasteiger partial charge in [0, 0.05) is 63.2 Å². The molecule has 0 aliphatic carbocycles. The molecule has 29 heavy (non-hydrogen) atoms. The Hall–Kier alpha value is -3.55. The molecule has 0 radical (unpaired) electrons. The Morgan fingerprint density at radius 1 is 0.966 bits per heavy atom. The van der Waals surface area contributed by atoms with E-state index >= 15 is 0 Å². The number of benzene rings is 1. The molecule has 1 amide bonds. The number of amides is 1. The van der Waals surface area contributed by atoms with Gasteiger partial charge in [0.25, 0.3) is 5.91 Å². The SMILES string of the molecule is O=C(NCc1cccnc1)c1cnc(N2CCN(c3ccc(F)cc3)CC2)nc1. The maximum Gasteiger partial charge on any atom is 0.254 e. The van der Waals surface area contributed by atoms with Crippen LogP contribution in [0.3, 0.4) is 0 Å². The van der Waals surface area contributed by atoms with E-state index in [1.165, 1.54) is 12.1 Å². The maximum absolute atomic E-state index is 13.1. The average Bonchev–Trinajstić information content (AvgIpc) is 2.79. The van der Waals surface area contributed by atoms with Crippen molar-refractivity contribution < 1.29 is 9.18 Å². The lowest BCUT2D eigenvalue weighted by molar-refractivity contribution is 0.0950. The van der Waals surface area contributed by atoms with Gasteiger partial charge in [-0.05, 0) is 35.9 Å². The van der Waals surface area contributed by atoms with Crippen LogP contribution in [0.15, 0.2) is 61.2 Å². The summed E-state index contributed by atoms with van der Waals surface area (Å²) in [6.07, 6.45) is 6.50. The predicted octanol–water partition coefficient (Wildman–Crippen LogP) is 2.27. The van der Waals surface area contributed by atoms with Crippen molar-refractivity contribution in [2.75, 3.05) is 36.0 Å². The molecule has 0 bridgehead atoms. The van der Waals surface area contributed by atoms with Crippen molar-refractivity contribution >= 4 is 17.5 Å². The lowest BCUT2D eigenvalue weighted by Gasteiger charge is -2.36. The lowest BCUT2D eigenvalue weighted by Crippen LogP contribution is -2.47. The number of hydrogen-bond donors (Lipinski definition) is 1. The monoisotopic (exact) mass is 392 g/mol. The summed E-state index contributed by atoms with van der Waals surface area (Å²) in [5.41, 5.74) is 2.35. The van der Waals surface area contributed by atoms with Crippen molar-refractivity contribution in [3.8, 4) is 0 Å². The number of hydrogen-bond acceptors (Lipinski definition) is 6. The van der Waals surface area contributed by atoms with Crippen LogP contribution in [0.1, 0.15) is 15.9 Å². The molecule has 1 saturated heterocycles. The number of carbonyl (C=O) groups is 1. The molecule has 0 unspecified atom stereocenters. The summed E-state index contributed by atoms with van der Waals surface area (Å²) in [6.45, 7) is 3.50. The summed E-state index contributed by atoms with van der Waals surface area (Å²) in [5, 5.41) is 2.84. The Bertz CT molecular complexity index is 941. The third-order valence-electron chi connectivity index (χ3n) is 4.83. The Kier molecular flexibility index (Phi) is 5.60. The van der Waals surface area contributed by atoms with E-state index in [4.69, 9.17) is 0 Å². The number of halogens is 1. The van der Waals surface area contributed by atoms with Gasteiger partial charge < -0.3 is 15.1 Å². The molecule has 7 nitrogen and oxygen atoms in total. The Morgan fingerprint density at radius 3 is 2.31 bits per heavy atom. The first kappa shape index (κ1) is 18.8. The smallest absolute Gasteiger partial charge is 0.254 e. The molecule has 0 atom stereocenters. The summed E-state index contributed by atoms with van der Waals surface area (Å²) < 4.78 is 13.1. The highest BCUT2D eigenvalue weighted by Gasteiger charge is 2.19. The molecule has 1 aliphatic heterocycles. The number of piperazine rings is 1. The van der Waals surface area contributed by atoms with Crippen molar-refractivity contribution in [2.45, 2.75) is 6.54 Å². The van der Waals surface area contributed by atoms with E-state index in [1.54, 1.807) is 36.9 Å². The lowest BCUT2D eigenvalue weighted by atomic mass is 10.2. The zero-order valence-electron chi connectivity index (χ0n) is 15.8. The number of anilines is 2. The maximum atomic E-state index is 13.1. The van der Waals surface area contributed by atoms with Crippen LogP contribution in [0.25, 0.3) is 0 Å². The largest absolute Gasteiger partial charge is 0.368 e. The molecule has 2 aromatic heterocycles. The molecule has 1 fully saturated rings. The van der Waals surface area contributed by atoms with E-state index in [2.05, 4.69) is 30.1 Å². The standard InChI is InChI=1S/C21H21FN6O/c22-18-3-5-19(6-4-18)27-8-10-28(11-9-27)21-25-14-17(15-26-21)20(29)24-13-16-2-1-7-23-12-16/h1-7,12,14-15H,8-11,13H2,(H,24,29). The summed E-state index contributed by atoms with van der Waals surface area (Å²) in [7, 11) is 0. The van der Waals surface area contributed by atoms with Gasteiger partial charge in [-0.25, -0.2) is 14.4 Å². The zero-order valence-corrected chi connectivity index (χ0v) is 15.8. The fraction of sp³-hybridized carbons (Fsp3) is 0.238. The Morgan fingerprint density at radius 2 is 1.66 bits per heavy atom. The highest BCUT2D eigenvalue weighted by atomic mass is 19.1. The van der Waals surface area contributed by atoms with Crippen molar-refractivity contribution in [1.29, 1.82) is 0 Å². The van der Waals surface area contributed by atoms with Gasteiger partial charge in [-0.2, -0.15) is 0 Å². The van der Waals surface area contributed by atoms with Crippen LogP contribution in [-0.4, -0.2) is 47.0 Å². The molecule has 1 N–H and O–H groups in total. The second-order valence-corrected chi connectivity index (χ2v) is 6.77. The zero-order chi connectivity index (χ0) is 20.1. The molecular weight excluding hydrogens is 371 g/mol. The minimum Gasteiger partial charge on any atom is -0.368 e. The summed E-state index contributed by atoms with van der Waals surface area (Å²) in [5.74, 6) is 0.152. The molecule has 0 saturated carbocycles. The number of nitrogens with one attached hydrogen (secondary N) is 1. The van der Waals surface area contributed by atoms with E-state index in [0.29, 0.717) is 18.1 Å².